The van der Waals surface area contributed by atoms with Gasteiger partial charge >= 0.3 is 0 Å². The van der Waals surface area contributed by atoms with E-state index in [1.54, 1.807) is 4.80 Å². The van der Waals surface area contributed by atoms with Gasteiger partial charge in [-0.05, 0) is 25.0 Å². The Hall–Kier alpha value is -2.25. The Kier molecular flexibility index (Phi) is 4.76. The SMILES string of the molecule is O=C([C@H]1CCCO1)N1CCN(Cc2cnn(-c3ccccc3)n2)CC1. The van der Waals surface area contributed by atoms with Crippen LogP contribution >= 0.6 is 0 Å². The van der Waals surface area contributed by atoms with Crippen LogP contribution in [-0.2, 0) is 16.1 Å². The summed E-state index contributed by atoms with van der Waals surface area (Å²) in [7, 11) is 0. The highest BCUT2D eigenvalue weighted by atomic mass is 16.5. The van der Waals surface area contributed by atoms with Gasteiger partial charge in [-0.2, -0.15) is 15.0 Å². The van der Waals surface area contributed by atoms with E-state index in [0.29, 0.717) is 6.61 Å². The maximum Gasteiger partial charge on any atom is 0.251 e. The maximum absolute atomic E-state index is 12.4. The summed E-state index contributed by atoms with van der Waals surface area (Å²) in [6, 6.07) is 9.90. The Balaban J connectivity index is 1.30. The van der Waals surface area contributed by atoms with E-state index in [1.807, 2.05) is 41.4 Å². The van der Waals surface area contributed by atoms with Crippen LogP contribution in [0.15, 0.2) is 36.5 Å². The number of benzene rings is 1. The first kappa shape index (κ1) is 16.2. The molecule has 3 heterocycles. The van der Waals surface area contributed by atoms with Gasteiger partial charge in [0.25, 0.3) is 5.91 Å². The zero-order valence-corrected chi connectivity index (χ0v) is 14.3. The Labute approximate surface area is 147 Å². The lowest BCUT2D eigenvalue weighted by atomic mass is 10.2. The van der Waals surface area contributed by atoms with Crippen LogP contribution in [0.3, 0.4) is 0 Å². The highest BCUT2D eigenvalue weighted by Crippen LogP contribution is 2.16. The molecule has 7 heteroatoms. The summed E-state index contributed by atoms with van der Waals surface area (Å²) in [6.45, 7) is 4.70. The molecule has 2 aromatic rings. The number of rotatable bonds is 4. The molecule has 4 rings (SSSR count). The van der Waals surface area contributed by atoms with Crippen molar-refractivity contribution in [2.75, 3.05) is 32.8 Å². The van der Waals surface area contributed by atoms with Gasteiger partial charge in [0, 0.05) is 39.3 Å². The fraction of sp³-hybridized carbons (Fsp3) is 0.500. The Morgan fingerprint density at radius 3 is 2.68 bits per heavy atom. The minimum atomic E-state index is -0.211. The van der Waals surface area contributed by atoms with Gasteiger partial charge in [0.15, 0.2) is 0 Å². The fourth-order valence-corrected chi connectivity index (χ4v) is 3.38. The minimum absolute atomic E-state index is 0.159. The van der Waals surface area contributed by atoms with Crippen molar-refractivity contribution in [3.05, 3.63) is 42.2 Å². The van der Waals surface area contributed by atoms with E-state index in [-0.39, 0.29) is 12.0 Å². The second kappa shape index (κ2) is 7.33. The van der Waals surface area contributed by atoms with Gasteiger partial charge in [0.1, 0.15) is 6.10 Å². The van der Waals surface area contributed by atoms with Crippen molar-refractivity contribution in [2.45, 2.75) is 25.5 Å². The molecule has 0 unspecified atom stereocenters. The number of aromatic nitrogens is 3. The van der Waals surface area contributed by atoms with Crippen LogP contribution in [0, 0.1) is 0 Å². The van der Waals surface area contributed by atoms with Gasteiger partial charge in [-0.3, -0.25) is 9.69 Å². The number of hydrogen-bond donors (Lipinski definition) is 0. The molecule has 0 aliphatic carbocycles. The Morgan fingerprint density at radius 2 is 1.96 bits per heavy atom. The number of carbonyl (C=O) groups is 1. The van der Waals surface area contributed by atoms with E-state index in [9.17, 15) is 4.79 Å². The van der Waals surface area contributed by atoms with Crippen LogP contribution < -0.4 is 0 Å². The average molecular weight is 341 g/mol. The zero-order chi connectivity index (χ0) is 17.1. The Bertz CT molecular complexity index is 703. The van der Waals surface area contributed by atoms with E-state index in [4.69, 9.17) is 4.74 Å². The molecule has 0 spiro atoms. The molecule has 2 aliphatic rings. The maximum atomic E-state index is 12.4. The first-order valence-electron chi connectivity index (χ1n) is 8.89. The highest BCUT2D eigenvalue weighted by Gasteiger charge is 2.30. The molecule has 1 atom stereocenters. The van der Waals surface area contributed by atoms with Crippen molar-refractivity contribution in [3.8, 4) is 5.69 Å². The first-order chi connectivity index (χ1) is 12.3. The molecule has 1 aromatic heterocycles. The lowest BCUT2D eigenvalue weighted by molar-refractivity contribution is -0.142. The third-order valence-electron chi connectivity index (χ3n) is 4.80. The molecule has 7 nitrogen and oxygen atoms in total. The van der Waals surface area contributed by atoms with Crippen molar-refractivity contribution in [3.63, 3.8) is 0 Å². The number of hydrogen-bond acceptors (Lipinski definition) is 5. The average Bonchev–Trinajstić information content (AvgIpc) is 3.35. The number of carbonyl (C=O) groups excluding carboxylic acids is 1. The molecule has 0 N–H and O–H groups in total. The molecule has 0 saturated carbocycles. The quantitative estimate of drug-likeness (QED) is 0.833. The minimum Gasteiger partial charge on any atom is -0.368 e. The number of piperazine rings is 1. The smallest absolute Gasteiger partial charge is 0.251 e. The van der Waals surface area contributed by atoms with Gasteiger partial charge in [-0.25, -0.2) is 0 Å². The van der Waals surface area contributed by atoms with Crippen molar-refractivity contribution >= 4 is 5.91 Å². The fourth-order valence-electron chi connectivity index (χ4n) is 3.38. The summed E-state index contributed by atoms with van der Waals surface area (Å²) in [5, 5.41) is 8.90. The van der Waals surface area contributed by atoms with Crippen molar-refractivity contribution < 1.29 is 9.53 Å². The van der Waals surface area contributed by atoms with E-state index < -0.39 is 0 Å². The third kappa shape index (κ3) is 3.72. The van der Waals surface area contributed by atoms with Crippen molar-refractivity contribution in [2.24, 2.45) is 0 Å². The number of para-hydroxylation sites is 1. The summed E-state index contributed by atoms with van der Waals surface area (Å²) in [5.74, 6) is 0.159. The second-order valence-electron chi connectivity index (χ2n) is 6.56. The molecule has 1 amide bonds. The largest absolute Gasteiger partial charge is 0.368 e. The molecule has 0 radical (unpaired) electrons. The summed E-state index contributed by atoms with van der Waals surface area (Å²) < 4.78 is 5.51. The summed E-state index contributed by atoms with van der Waals surface area (Å²) in [6.07, 6.45) is 3.46. The van der Waals surface area contributed by atoms with E-state index in [0.717, 1.165) is 56.9 Å². The molecular formula is C18H23N5O2. The van der Waals surface area contributed by atoms with Crippen LogP contribution in [-0.4, -0.2) is 69.6 Å². The molecular weight excluding hydrogens is 318 g/mol. The molecule has 1 aromatic carbocycles. The Morgan fingerprint density at radius 1 is 1.16 bits per heavy atom. The molecule has 132 valence electrons. The summed E-state index contributed by atoms with van der Waals surface area (Å²) in [5.41, 5.74) is 1.91. The first-order valence-corrected chi connectivity index (χ1v) is 8.89. The monoisotopic (exact) mass is 341 g/mol. The van der Waals surface area contributed by atoms with E-state index >= 15 is 0 Å². The molecule has 25 heavy (non-hydrogen) atoms. The van der Waals surface area contributed by atoms with Gasteiger partial charge < -0.3 is 9.64 Å². The molecule has 2 fully saturated rings. The number of nitrogens with zero attached hydrogens (tertiary/aromatic N) is 5. The second-order valence-corrected chi connectivity index (χ2v) is 6.56. The van der Waals surface area contributed by atoms with Gasteiger partial charge in [0.05, 0.1) is 17.6 Å². The van der Waals surface area contributed by atoms with Gasteiger partial charge in [-0.1, -0.05) is 18.2 Å². The predicted molar refractivity (Wildman–Crippen MR) is 92.2 cm³/mol. The van der Waals surface area contributed by atoms with Crippen LogP contribution in [0.2, 0.25) is 0 Å². The van der Waals surface area contributed by atoms with Crippen LogP contribution in [0.4, 0.5) is 0 Å². The number of ether oxygens (including phenoxy) is 1. The molecule has 2 aliphatic heterocycles. The lowest BCUT2D eigenvalue weighted by Gasteiger charge is -2.35. The van der Waals surface area contributed by atoms with Crippen molar-refractivity contribution in [1.29, 1.82) is 0 Å². The highest BCUT2D eigenvalue weighted by molar-refractivity contribution is 5.81. The topological polar surface area (TPSA) is 63.5 Å². The third-order valence-corrected chi connectivity index (χ3v) is 4.80. The normalized spacial score (nSPS) is 21.6. The summed E-state index contributed by atoms with van der Waals surface area (Å²) >= 11 is 0. The molecule has 0 bridgehead atoms. The van der Waals surface area contributed by atoms with Gasteiger partial charge in [0.2, 0.25) is 0 Å². The predicted octanol–water partition coefficient (Wildman–Crippen LogP) is 1.09. The van der Waals surface area contributed by atoms with Crippen LogP contribution in [0.5, 0.6) is 0 Å². The van der Waals surface area contributed by atoms with E-state index in [1.165, 1.54) is 0 Å². The van der Waals surface area contributed by atoms with Crippen LogP contribution in [0.1, 0.15) is 18.5 Å². The van der Waals surface area contributed by atoms with Gasteiger partial charge in [-0.15, -0.1) is 0 Å². The molecule has 2 saturated heterocycles. The number of amides is 1. The van der Waals surface area contributed by atoms with Crippen molar-refractivity contribution in [1.82, 2.24) is 24.8 Å². The zero-order valence-electron chi connectivity index (χ0n) is 14.3. The summed E-state index contributed by atoms with van der Waals surface area (Å²) in [4.78, 5) is 18.3. The van der Waals surface area contributed by atoms with Crippen LogP contribution in [0.25, 0.3) is 5.69 Å². The standard InChI is InChI=1S/C18H23N5O2/c24-18(17-7-4-12-25-17)22-10-8-21(9-11-22)14-15-13-19-23(20-15)16-5-2-1-3-6-16/h1-3,5-6,13,17H,4,7-12,14H2/t17-/m1/s1. The lowest BCUT2D eigenvalue weighted by Crippen LogP contribution is -2.51. The van der Waals surface area contributed by atoms with E-state index in [2.05, 4.69) is 15.1 Å².